The Morgan fingerprint density at radius 2 is 1.95 bits per heavy atom. The van der Waals surface area contributed by atoms with E-state index in [1.807, 2.05) is 0 Å². The molecule has 1 N–H and O–H groups in total. The van der Waals surface area contributed by atoms with Gasteiger partial charge in [-0.2, -0.15) is 13.2 Å². The Bertz CT molecular complexity index is 738. The van der Waals surface area contributed by atoms with Crippen LogP contribution < -0.4 is 5.32 Å². The van der Waals surface area contributed by atoms with Gasteiger partial charge in [0, 0.05) is 11.1 Å². The first-order valence-electron chi connectivity index (χ1n) is 5.57. The molecular weight excluding hydrogens is 323 g/mol. The molecule has 2 aromatic heterocycles. The van der Waals surface area contributed by atoms with E-state index in [0.717, 1.165) is 12.1 Å². The third-order valence-electron chi connectivity index (χ3n) is 2.45. The lowest BCUT2D eigenvalue weighted by Gasteiger charge is -2.08. The van der Waals surface area contributed by atoms with Crippen LogP contribution in [0.15, 0.2) is 29.6 Å². The highest BCUT2D eigenvalue weighted by molar-refractivity contribution is 7.18. The predicted molar refractivity (Wildman–Crippen MR) is 73.5 cm³/mol. The van der Waals surface area contributed by atoms with E-state index in [4.69, 9.17) is 0 Å². The largest absolute Gasteiger partial charge is 0.416 e. The maximum atomic E-state index is 12.6. The first-order chi connectivity index (χ1) is 10.0. The molecule has 0 spiro atoms. The fourth-order valence-corrected chi connectivity index (χ4v) is 2.77. The Balaban J connectivity index is 1.81. The van der Waals surface area contributed by atoms with Crippen molar-refractivity contribution in [2.24, 2.45) is 0 Å². The molecular formula is C11H6F3N5S2. The average Bonchev–Trinajstić information content (AvgIpc) is 3.08. The zero-order valence-electron chi connectivity index (χ0n) is 10.1. The summed E-state index contributed by atoms with van der Waals surface area (Å²) in [6.07, 6.45) is -4.38. The Morgan fingerprint density at radius 1 is 1.10 bits per heavy atom. The third-order valence-corrected chi connectivity index (χ3v) is 3.81. The van der Waals surface area contributed by atoms with Crippen molar-refractivity contribution >= 4 is 33.7 Å². The highest BCUT2D eigenvalue weighted by Gasteiger charge is 2.30. The van der Waals surface area contributed by atoms with Gasteiger partial charge < -0.3 is 5.32 Å². The van der Waals surface area contributed by atoms with E-state index < -0.39 is 11.7 Å². The zero-order valence-corrected chi connectivity index (χ0v) is 11.8. The minimum absolute atomic E-state index is 0.295. The van der Waals surface area contributed by atoms with Crippen LogP contribution in [0.1, 0.15) is 5.56 Å². The molecule has 3 rings (SSSR count). The normalized spacial score (nSPS) is 11.6. The molecule has 2 heterocycles. The SMILES string of the molecule is FC(F)(F)c1cccc(Nc2nnc(-c3csnn3)s2)c1. The molecule has 0 saturated carbocycles. The van der Waals surface area contributed by atoms with E-state index in [1.54, 1.807) is 5.38 Å². The molecule has 0 fully saturated rings. The van der Waals surface area contributed by atoms with Crippen molar-refractivity contribution in [1.82, 2.24) is 19.8 Å². The lowest BCUT2D eigenvalue weighted by atomic mass is 10.2. The van der Waals surface area contributed by atoms with Crippen molar-refractivity contribution in [3.63, 3.8) is 0 Å². The Morgan fingerprint density at radius 3 is 2.67 bits per heavy atom. The molecule has 5 nitrogen and oxygen atoms in total. The van der Waals surface area contributed by atoms with Gasteiger partial charge in [0.15, 0.2) is 5.01 Å². The first kappa shape index (κ1) is 13.9. The predicted octanol–water partition coefficient (Wildman–Crippen LogP) is 3.82. The molecule has 108 valence electrons. The molecule has 0 saturated heterocycles. The maximum Gasteiger partial charge on any atom is 0.416 e. The van der Waals surface area contributed by atoms with Gasteiger partial charge in [-0.1, -0.05) is 21.9 Å². The van der Waals surface area contributed by atoms with E-state index in [0.29, 0.717) is 21.5 Å². The lowest BCUT2D eigenvalue weighted by molar-refractivity contribution is -0.137. The third kappa shape index (κ3) is 3.16. The van der Waals surface area contributed by atoms with E-state index in [-0.39, 0.29) is 0 Å². The summed E-state index contributed by atoms with van der Waals surface area (Å²) in [5.41, 5.74) is 0.166. The highest BCUT2D eigenvalue weighted by atomic mass is 32.1. The number of alkyl halides is 3. The number of rotatable bonds is 3. The minimum Gasteiger partial charge on any atom is -0.330 e. The van der Waals surface area contributed by atoms with Crippen LogP contribution in [0.3, 0.4) is 0 Å². The average molecular weight is 329 g/mol. The number of halogens is 3. The summed E-state index contributed by atoms with van der Waals surface area (Å²) in [6.45, 7) is 0. The lowest BCUT2D eigenvalue weighted by Crippen LogP contribution is -2.05. The molecule has 10 heteroatoms. The van der Waals surface area contributed by atoms with Gasteiger partial charge in [-0.05, 0) is 29.7 Å². The standard InChI is InChI=1S/C11H6F3N5S2/c12-11(13,14)6-2-1-3-7(4-6)15-10-18-17-9(21-10)8-5-20-19-16-8/h1-5H,(H,15,18). The second-order valence-electron chi connectivity index (χ2n) is 3.91. The second kappa shape index (κ2) is 5.37. The molecule has 0 radical (unpaired) electrons. The van der Waals surface area contributed by atoms with Gasteiger partial charge in [-0.25, -0.2) is 0 Å². The monoisotopic (exact) mass is 329 g/mol. The van der Waals surface area contributed by atoms with Crippen LogP contribution in [0.2, 0.25) is 0 Å². The van der Waals surface area contributed by atoms with Crippen LogP contribution >= 0.6 is 22.9 Å². The van der Waals surface area contributed by atoms with Crippen molar-refractivity contribution < 1.29 is 13.2 Å². The smallest absolute Gasteiger partial charge is 0.330 e. The molecule has 0 amide bonds. The molecule has 1 aromatic carbocycles. The molecule has 0 bridgehead atoms. The van der Waals surface area contributed by atoms with Gasteiger partial charge >= 0.3 is 6.18 Å². The van der Waals surface area contributed by atoms with Crippen LogP contribution in [-0.4, -0.2) is 19.8 Å². The van der Waals surface area contributed by atoms with Gasteiger partial charge in [0.1, 0.15) is 5.69 Å². The number of hydrogen-bond donors (Lipinski definition) is 1. The summed E-state index contributed by atoms with van der Waals surface area (Å²) >= 11 is 2.37. The summed E-state index contributed by atoms with van der Waals surface area (Å²) in [5.74, 6) is 0. The van der Waals surface area contributed by atoms with Gasteiger partial charge in [0.2, 0.25) is 5.13 Å². The topological polar surface area (TPSA) is 63.6 Å². The maximum absolute atomic E-state index is 12.6. The van der Waals surface area contributed by atoms with Crippen LogP contribution in [0.25, 0.3) is 10.7 Å². The quantitative estimate of drug-likeness (QED) is 0.791. The summed E-state index contributed by atoms with van der Waals surface area (Å²) in [4.78, 5) is 0. The van der Waals surface area contributed by atoms with Crippen molar-refractivity contribution in [2.75, 3.05) is 5.32 Å². The molecule has 21 heavy (non-hydrogen) atoms. The summed E-state index contributed by atoms with van der Waals surface area (Å²) < 4.78 is 41.6. The molecule has 0 aliphatic heterocycles. The Kier molecular flexibility index (Phi) is 3.55. The van der Waals surface area contributed by atoms with E-state index in [2.05, 4.69) is 25.1 Å². The highest BCUT2D eigenvalue weighted by Crippen LogP contribution is 2.32. The van der Waals surface area contributed by atoms with Crippen LogP contribution in [0, 0.1) is 0 Å². The van der Waals surface area contributed by atoms with Gasteiger partial charge in [0.25, 0.3) is 0 Å². The number of aromatic nitrogens is 4. The van der Waals surface area contributed by atoms with Crippen molar-refractivity contribution in [3.05, 3.63) is 35.2 Å². The van der Waals surface area contributed by atoms with E-state index in [9.17, 15) is 13.2 Å². The first-order valence-corrected chi connectivity index (χ1v) is 7.23. The summed E-state index contributed by atoms with van der Waals surface area (Å²) in [6, 6.07) is 4.89. The van der Waals surface area contributed by atoms with Crippen LogP contribution in [0.4, 0.5) is 24.0 Å². The van der Waals surface area contributed by atoms with Crippen molar-refractivity contribution in [1.29, 1.82) is 0 Å². The van der Waals surface area contributed by atoms with Crippen molar-refractivity contribution in [2.45, 2.75) is 6.18 Å². The molecule has 0 aliphatic carbocycles. The number of hydrogen-bond acceptors (Lipinski definition) is 7. The van der Waals surface area contributed by atoms with Gasteiger partial charge in [-0.3, -0.25) is 0 Å². The fourth-order valence-electron chi connectivity index (χ4n) is 1.53. The molecule has 0 aliphatic rings. The number of anilines is 2. The Labute approximate surface area is 124 Å². The molecule has 0 atom stereocenters. The van der Waals surface area contributed by atoms with Crippen molar-refractivity contribution in [3.8, 4) is 10.7 Å². The second-order valence-corrected chi connectivity index (χ2v) is 5.49. The fraction of sp³-hybridized carbons (Fsp3) is 0.0909. The summed E-state index contributed by atoms with van der Waals surface area (Å²) in [5, 5.41) is 17.1. The van der Waals surface area contributed by atoms with E-state index >= 15 is 0 Å². The van der Waals surface area contributed by atoms with Crippen LogP contribution in [-0.2, 0) is 6.18 Å². The molecule has 0 unspecified atom stereocenters. The van der Waals surface area contributed by atoms with Crippen LogP contribution in [0.5, 0.6) is 0 Å². The number of nitrogens with zero attached hydrogens (tertiary/aromatic N) is 4. The van der Waals surface area contributed by atoms with E-state index in [1.165, 1.54) is 35.0 Å². The van der Waals surface area contributed by atoms with Gasteiger partial charge in [0.05, 0.1) is 5.56 Å². The minimum atomic E-state index is -4.38. The number of nitrogens with one attached hydrogen (secondary N) is 1. The number of benzene rings is 1. The molecule has 3 aromatic rings. The van der Waals surface area contributed by atoms with Gasteiger partial charge in [-0.15, -0.1) is 15.3 Å². The zero-order chi connectivity index (χ0) is 14.9. The Hall–Kier alpha value is -2.07. The summed E-state index contributed by atoms with van der Waals surface area (Å²) in [7, 11) is 0.